The molecule has 2 aliphatic rings. The van der Waals surface area contributed by atoms with Gasteiger partial charge in [-0.1, -0.05) is 55.5 Å². The molecule has 2 unspecified atom stereocenters. The number of alkyl carbamates (subject to hydrolysis) is 1. The fourth-order valence-corrected chi connectivity index (χ4v) is 5.25. The molecule has 4 rings (SSSR count). The summed E-state index contributed by atoms with van der Waals surface area (Å²) in [5, 5.41) is 14.8. The van der Waals surface area contributed by atoms with Crippen molar-refractivity contribution in [3.8, 4) is 11.1 Å². The summed E-state index contributed by atoms with van der Waals surface area (Å²) in [6.07, 6.45) is 2.68. The molecule has 1 saturated carbocycles. The smallest absolute Gasteiger partial charge is 0.407 e. The lowest BCUT2D eigenvalue weighted by Crippen LogP contribution is -2.41. The van der Waals surface area contributed by atoms with E-state index in [0.717, 1.165) is 24.0 Å². The van der Waals surface area contributed by atoms with Crippen LogP contribution in [0.4, 0.5) is 4.79 Å². The third-order valence-corrected chi connectivity index (χ3v) is 6.96. The van der Waals surface area contributed by atoms with E-state index in [1.807, 2.05) is 31.2 Å². The Morgan fingerprint density at radius 1 is 1.03 bits per heavy atom. The highest BCUT2D eigenvalue weighted by Gasteiger charge is 2.30. The summed E-state index contributed by atoms with van der Waals surface area (Å²) >= 11 is 0. The lowest BCUT2D eigenvalue weighted by Gasteiger charge is -2.20. The maximum atomic E-state index is 12.5. The van der Waals surface area contributed by atoms with Crippen molar-refractivity contribution in [1.29, 1.82) is 0 Å². The van der Waals surface area contributed by atoms with E-state index in [9.17, 15) is 14.4 Å². The van der Waals surface area contributed by atoms with Gasteiger partial charge in [0.05, 0.1) is 0 Å². The molecule has 0 bridgehead atoms. The fraction of sp³-hybridized carbons (Fsp3) is 0.444. The first-order valence-electron chi connectivity index (χ1n) is 12.1. The van der Waals surface area contributed by atoms with E-state index in [2.05, 4.69) is 34.9 Å². The highest BCUT2D eigenvalue weighted by molar-refractivity contribution is 5.79. The molecule has 7 heteroatoms. The zero-order chi connectivity index (χ0) is 24.1. The number of hydrogen-bond acceptors (Lipinski definition) is 4. The highest BCUT2D eigenvalue weighted by Crippen LogP contribution is 2.44. The summed E-state index contributed by atoms with van der Waals surface area (Å²) in [6, 6.07) is 16.0. The van der Waals surface area contributed by atoms with Gasteiger partial charge in [0.15, 0.2) is 0 Å². The number of hydrogen-bond donors (Lipinski definition) is 3. The number of carboxylic acids is 1. The Morgan fingerprint density at radius 2 is 1.68 bits per heavy atom. The minimum Gasteiger partial charge on any atom is -0.481 e. The summed E-state index contributed by atoms with van der Waals surface area (Å²) in [5.41, 5.74) is 4.65. The van der Waals surface area contributed by atoms with Crippen LogP contribution in [0.15, 0.2) is 48.5 Å². The number of carbonyl (C=O) groups excluding carboxylic acids is 2. The van der Waals surface area contributed by atoms with Gasteiger partial charge in [-0.3, -0.25) is 9.59 Å². The van der Waals surface area contributed by atoms with Gasteiger partial charge >= 0.3 is 12.1 Å². The Hall–Kier alpha value is -3.35. The second kappa shape index (κ2) is 10.7. The van der Waals surface area contributed by atoms with Crippen molar-refractivity contribution < 1.29 is 24.2 Å². The molecule has 2 aliphatic carbocycles. The first-order chi connectivity index (χ1) is 16.4. The Labute approximate surface area is 199 Å². The molecule has 7 nitrogen and oxygen atoms in total. The van der Waals surface area contributed by atoms with Gasteiger partial charge in [-0.25, -0.2) is 4.79 Å². The monoisotopic (exact) mass is 464 g/mol. The summed E-state index contributed by atoms with van der Waals surface area (Å²) in [4.78, 5) is 35.9. The second-order valence-corrected chi connectivity index (χ2v) is 9.32. The van der Waals surface area contributed by atoms with Crippen molar-refractivity contribution >= 4 is 18.0 Å². The summed E-state index contributed by atoms with van der Waals surface area (Å²) in [7, 11) is 0. The van der Waals surface area contributed by atoms with Crippen molar-refractivity contribution in [2.24, 2.45) is 5.92 Å². The molecular weight excluding hydrogens is 432 g/mol. The molecule has 0 saturated heterocycles. The molecule has 0 aliphatic heterocycles. The maximum absolute atomic E-state index is 12.5. The number of benzene rings is 2. The van der Waals surface area contributed by atoms with Gasteiger partial charge in [0, 0.05) is 30.8 Å². The van der Waals surface area contributed by atoms with Gasteiger partial charge < -0.3 is 20.5 Å². The topological polar surface area (TPSA) is 105 Å². The largest absolute Gasteiger partial charge is 0.481 e. The molecule has 2 aromatic rings. The zero-order valence-corrected chi connectivity index (χ0v) is 19.5. The maximum Gasteiger partial charge on any atom is 0.407 e. The standard InChI is InChI=1S/C27H32N2O5/c1-2-18(15-25(30)28-19-12-11-17(13-19)14-26(31)32)29-27(33)34-16-24-22-9-5-3-7-20(22)21-8-4-6-10-23(21)24/h3-10,17-19,24H,2,11-16H2,1H3,(H,28,30)(H,29,33)(H,31,32)/t17?,18-,19?/m1/s1. The Balaban J connectivity index is 1.26. The van der Waals surface area contributed by atoms with E-state index < -0.39 is 12.1 Å². The van der Waals surface area contributed by atoms with E-state index in [1.165, 1.54) is 11.1 Å². The number of fused-ring (bicyclic) bond motifs is 3. The number of aliphatic carboxylic acids is 1. The highest BCUT2D eigenvalue weighted by atomic mass is 16.5. The molecule has 2 amide bonds. The van der Waals surface area contributed by atoms with Crippen LogP contribution in [-0.4, -0.2) is 41.8 Å². The first kappa shape index (κ1) is 23.8. The van der Waals surface area contributed by atoms with Crippen LogP contribution in [0.25, 0.3) is 11.1 Å². The predicted molar refractivity (Wildman–Crippen MR) is 128 cm³/mol. The number of nitrogens with one attached hydrogen (secondary N) is 2. The van der Waals surface area contributed by atoms with Crippen LogP contribution in [0, 0.1) is 5.92 Å². The van der Waals surface area contributed by atoms with Gasteiger partial charge in [-0.05, 0) is 53.9 Å². The number of ether oxygens (including phenoxy) is 1. The normalized spacial score (nSPS) is 19.7. The molecule has 34 heavy (non-hydrogen) atoms. The van der Waals surface area contributed by atoms with Crippen LogP contribution >= 0.6 is 0 Å². The van der Waals surface area contributed by atoms with Crippen molar-refractivity contribution in [3.05, 3.63) is 59.7 Å². The summed E-state index contributed by atoms with van der Waals surface area (Å²) < 4.78 is 5.60. The van der Waals surface area contributed by atoms with Crippen LogP contribution in [0.3, 0.4) is 0 Å². The minimum atomic E-state index is -0.796. The third-order valence-electron chi connectivity index (χ3n) is 6.96. The molecule has 2 aromatic carbocycles. The van der Waals surface area contributed by atoms with Crippen LogP contribution in [0.2, 0.25) is 0 Å². The number of carboxylic acid groups (broad SMARTS) is 1. The van der Waals surface area contributed by atoms with Gasteiger partial charge in [0.2, 0.25) is 5.91 Å². The quantitative estimate of drug-likeness (QED) is 0.508. The fourth-order valence-electron chi connectivity index (χ4n) is 5.25. The van der Waals surface area contributed by atoms with Crippen LogP contribution < -0.4 is 10.6 Å². The molecule has 3 atom stereocenters. The molecule has 0 radical (unpaired) electrons. The Kier molecular flexibility index (Phi) is 7.50. The van der Waals surface area contributed by atoms with Crippen LogP contribution in [-0.2, 0) is 14.3 Å². The van der Waals surface area contributed by atoms with E-state index in [4.69, 9.17) is 9.84 Å². The van der Waals surface area contributed by atoms with Gasteiger partial charge in [0.1, 0.15) is 6.61 Å². The van der Waals surface area contributed by atoms with Crippen molar-refractivity contribution in [3.63, 3.8) is 0 Å². The van der Waals surface area contributed by atoms with Gasteiger partial charge in [-0.2, -0.15) is 0 Å². The minimum absolute atomic E-state index is 0.00353. The Morgan fingerprint density at radius 3 is 2.29 bits per heavy atom. The third kappa shape index (κ3) is 5.58. The second-order valence-electron chi connectivity index (χ2n) is 9.32. The lowest BCUT2D eigenvalue weighted by molar-refractivity contribution is -0.138. The number of rotatable bonds is 9. The van der Waals surface area contributed by atoms with E-state index in [0.29, 0.717) is 12.8 Å². The van der Waals surface area contributed by atoms with Crippen molar-refractivity contribution in [2.75, 3.05) is 6.61 Å². The molecule has 3 N–H and O–H groups in total. The van der Waals surface area contributed by atoms with Crippen LogP contribution in [0.5, 0.6) is 0 Å². The van der Waals surface area contributed by atoms with Crippen molar-refractivity contribution in [2.45, 2.75) is 63.5 Å². The van der Waals surface area contributed by atoms with Gasteiger partial charge in [-0.15, -0.1) is 0 Å². The molecular formula is C27H32N2O5. The zero-order valence-electron chi connectivity index (χ0n) is 19.5. The molecule has 0 heterocycles. The molecule has 0 aromatic heterocycles. The Bertz CT molecular complexity index is 1010. The van der Waals surface area contributed by atoms with Gasteiger partial charge in [0.25, 0.3) is 0 Å². The predicted octanol–water partition coefficient (Wildman–Crippen LogP) is 4.45. The summed E-state index contributed by atoms with van der Waals surface area (Å²) in [5.74, 6) is -0.826. The lowest BCUT2D eigenvalue weighted by atomic mass is 9.98. The number of amides is 2. The van der Waals surface area contributed by atoms with E-state index >= 15 is 0 Å². The van der Waals surface area contributed by atoms with Crippen LogP contribution in [0.1, 0.15) is 62.5 Å². The van der Waals surface area contributed by atoms with E-state index in [-0.39, 0.29) is 49.3 Å². The summed E-state index contributed by atoms with van der Waals surface area (Å²) in [6.45, 7) is 2.15. The molecule has 1 fully saturated rings. The number of carbonyl (C=O) groups is 3. The average molecular weight is 465 g/mol. The molecule has 180 valence electrons. The molecule has 0 spiro atoms. The van der Waals surface area contributed by atoms with Crippen molar-refractivity contribution in [1.82, 2.24) is 10.6 Å². The SMILES string of the molecule is CC[C@H](CC(=O)NC1CCC(CC(=O)O)C1)NC(=O)OCC1c2ccccc2-c2ccccc21. The van der Waals surface area contributed by atoms with E-state index in [1.54, 1.807) is 0 Å². The first-order valence-corrected chi connectivity index (χ1v) is 12.1. The average Bonchev–Trinajstić information content (AvgIpc) is 3.38.